The van der Waals surface area contributed by atoms with E-state index in [4.69, 9.17) is 9.47 Å². The van der Waals surface area contributed by atoms with Gasteiger partial charge in [0.1, 0.15) is 11.8 Å². The monoisotopic (exact) mass is 419 g/mol. The van der Waals surface area contributed by atoms with Gasteiger partial charge in [-0.3, -0.25) is 5.32 Å². The fourth-order valence-electron chi connectivity index (χ4n) is 3.89. The van der Waals surface area contributed by atoms with Crippen LogP contribution in [0.1, 0.15) is 39.2 Å². The zero-order valence-electron chi connectivity index (χ0n) is 18.6. The van der Waals surface area contributed by atoms with E-state index in [1.807, 2.05) is 49.4 Å². The number of benzene rings is 2. The molecule has 0 spiro atoms. The van der Waals surface area contributed by atoms with Crippen LogP contribution >= 0.6 is 0 Å². The minimum atomic E-state index is -0.471. The summed E-state index contributed by atoms with van der Waals surface area (Å²) in [7, 11) is 1.63. The second-order valence-electron chi connectivity index (χ2n) is 7.66. The Bertz CT molecular complexity index is 1110. The normalized spacial score (nSPS) is 11.7. The highest BCUT2D eigenvalue weighted by Gasteiger charge is 2.19. The van der Waals surface area contributed by atoms with Crippen molar-refractivity contribution in [2.24, 2.45) is 5.92 Å². The second kappa shape index (κ2) is 10.0. The van der Waals surface area contributed by atoms with Gasteiger partial charge in [0.05, 0.1) is 30.5 Å². The maximum absolute atomic E-state index is 12.2. The number of nitriles is 1. The molecule has 3 rings (SSSR count). The average Bonchev–Trinajstić information content (AvgIpc) is 3.10. The quantitative estimate of drug-likeness (QED) is 0.472. The van der Waals surface area contributed by atoms with Gasteiger partial charge in [-0.05, 0) is 43.5 Å². The van der Waals surface area contributed by atoms with Crippen molar-refractivity contribution in [1.82, 2.24) is 4.57 Å². The Morgan fingerprint density at radius 2 is 2.03 bits per heavy atom. The topological polar surface area (TPSA) is 76.3 Å². The Morgan fingerprint density at radius 3 is 2.71 bits per heavy atom. The molecule has 31 heavy (non-hydrogen) atoms. The molecule has 0 fully saturated rings. The number of aryl methyl sites for hydroxylation is 1. The number of hydrogen-bond donors (Lipinski definition) is 1. The van der Waals surface area contributed by atoms with Crippen LogP contribution in [0.4, 0.5) is 10.5 Å². The molecule has 0 saturated carbocycles. The molecule has 1 heterocycles. The molecule has 0 radical (unpaired) electrons. The summed E-state index contributed by atoms with van der Waals surface area (Å²) in [6.07, 6.45) is 1.61. The number of ether oxygens (including phenoxy) is 2. The van der Waals surface area contributed by atoms with E-state index in [0.717, 1.165) is 40.8 Å². The van der Waals surface area contributed by atoms with Crippen molar-refractivity contribution < 1.29 is 14.3 Å². The summed E-state index contributed by atoms with van der Waals surface area (Å²) >= 11 is 0. The molecule has 6 heteroatoms. The van der Waals surface area contributed by atoms with E-state index in [9.17, 15) is 10.1 Å². The summed E-state index contributed by atoms with van der Waals surface area (Å²) in [4.78, 5) is 12.2. The van der Waals surface area contributed by atoms with Crippen molar-refractivity contribution in [3.63, 3.8) is 0 Å². The van der Waals surface area contributed by atoms with Gasteiger partial charge in [0.25, 0.3) is 0 Å². The lowest BCUT2D eigenvalue weighted by Gasteiger charge is -2.13. The van der Waals surface area contributed by atoms with Crippen LogP contribution in [0.2, 0.25) is 0 Å². The molecular weight excluding hydrogens is 390 g/mol. The lowest BCUT2D eigenvalue weighted by atomic mass is 10.1. The first-order valence-corrected chi connectivity index (χ1v) is 10.7. The van der Waals surface area contributed by atoms with Gasteiger partial charge in [0, 0.05) is 29.2 Å². The van der Waals surface area contributed by atoms with Crippen molar-refractivity contribution >= 4 is 22.7 Å². The number of nitrogens with zero attached hydrogens (tertiary/aromatic N) is 2. The van der Waals surface area contributed by atoms with Crippen LogP contribution < -0.4 is 10.1 Å². The van der Waals surface area contributed by atoms with Gasteiger partial charge in [-0.25, -0.2) is 4.79 Å². The predicted molar refractivity (Wildman–Crippen MR) is 123 cm³/mol. The third-order valence-electron chi connectivity index (χ3n) is 5.36. The number of methoxy groups -OCH3 is 1. The summed E-state index contributed by atoms with van der Waals surface area (Å²) in [6, 6.07) is 15.6. The second-order valence-corrected chi connectivity index (χ2v) is 7.66. The number of hydrogen-bond acceptors (Lipinski definition) is 4. The van der Waals surface area contributed by atoms with Gasteiger partial charge < -0.3 is 14.0 Å². The van der Waals surface area contributed by atoms with Gasteiger partial charge in [-0.1, -0.05) is 32.4 Å². The van der Waals surface area contributed by atoms with Crippen LogP contribution in [-0.2, 0) is 11.3 Å². The highest BCUT2D eigenvalue weighted by Crippen LogP contribution is 2.36. The molecule has 1 aromatic heterocycles. The first-order chi connectivity index (χ1) is 15.0. The van der Waals surface area contributed by atoms with Crippen LogP contribution in [0.25, 0.3) is 22.2 Å². The molecule has 3 aromatic rings. The predicted octanol–water partition coefficient (Wildman–Crippen LogP) is 6.19. The lowest BCUT2D eigenvalue weighted by Crippen LogP contribution is -2.17. The summed E-state index contributed by atoms with van der Waals surface area (Å²) in [6.45, 7) is 7.31. The highest BCUT2D eigenvalue weighted by molar-refractivity contribution is 5.96. The minimum Gasteiger partial charge on any atom is -0.497 e. The molecule has 0 bridgehead atoms. The zero-order chi connectivity index (χ0) is 22.4. The van der Waals surface area contributed by atoms with Crippen molar-refractivity contribution in [3.8, 4) is 23.1 Å². The van der Waals surface area contributed by atoms with Crippen molar-refractivity contribution in [3.05, 3.63) is 48.0 Å². The van der Waals surface area contributed by atoms with E-state index in [1.54, 1.807) is 7.11 Å². The lowest BCUT2D eigenvalue weighted by molar-refractivity contribution is 0.142. The molecule has 0 aliphatic rings. The zero-order valence-corrected chi connectivity index (χ0v) is 18.6. The molecule has 0 aliphatic heterocycles. The van der Waals surface area contributed by atoms with Crippen LogP contribution in [0.15, 0.2) is 42.5 Å². The van der Waals surface area contributed by atoms with E-state index >= 15 is 0 Å². The largest absolute Gasteiger partial charge is 0.497 e. The third kappa shape index (κ3) is 4.83. The smallest absolute Gasteiger partial charge is 0.411 e. The number of rotatable bonds is 8. The standard InChI is InChI=1S/C25H29N3O3/c1-5-8-17(3)16-31-25(29)27-19-10-7-9-18(13-19)24-22(15-26)21-12-11-20(30-4)14-23(21)28(24)6-2/h7,9-14,17H,5-6,8,16H2,1-4H3,(H,27,29). The number of nitrogens with one attached hydrogen (secondary N) is 1. The molecule has 1 N–H and O–H groups in total. The first kappa shape index (κ1) is 22.2. The average molecular weight is 420 g/mol. The fraction of sp³-hybridized carbons (Fsp3) is 0.360. The Hall–Kier alpha value is -3.46. The van der Waals surface area contributed by atoms with Crippen molar-refractivity contribution in [1.29, 1.82) is 5.26 Å². The van der Waals surface area contributed by atoms with Crippen LogP contribution in [0, 0.1) is 17.2 Å². The van der Waals surface area contributed by atoms with Gasteiger partial charge >= 0.3 is 6.09 Å². The molecule has 162 valence electrons. The number of carbonyl (C=O) groups is 1. The summed E-state index contributed by atoms with van der Waals surface area (Å²) in [5, 5.41) is 13.6. The maximum atomic E-state index is 12.2. The Morgan fingerprint density at radius 1 is 1.23 bits per heavy atom. The number of anilines is 1. The van der Waals surface area contributed by atoms with Gasteiger partial charge in [0.2, 0.25) is 0 Å². The van der Waals surface area contributed by atoms with Gasteiger partial charge in [-0.2, -0.15) is 5.26 Å². The van der Waals surface area contributed by atoms with Crippen molar-refractivity contribution in [2.45, 2.75) is 40.2 Å². The number of aromatic nitrogens is 1. The third-order valence-corrected chi connectivity index (χ3v) is 5.36. The molecule has 0 aliphatic carbocycles. The Kier molecular flexibility index (Phi) is 7.19. The minimum absolute atomic E-state index is 0.331. The Labute approximate surface area is 183 Å². The van der Waals surface area contributed by atoms with Crippen LogP contribution in [0.5, 0.6) is 5.75 Å². The highest BCUT2D eigenvalue weighted by atomic mass is 16.5. The summed E-state index contributed by atoms with van der Waals surface area (Å²) in [5.74, 6) is 1.07. The molecule has 2 aromatic carbocycles. The van der Waals surface area contributed by atoms with Gasteiger partial charge in [-0.15, -0.1) is 0 Å². The molecule has 0 saturated heterocycles. The van der Waals surface area contributed by atoms with E-state index in [2.05, 4.69) is 29.8 Å². The maximum Gasteiger partial charge on any atom is 0.411 e. The first-order valence-electron chi connectivity index (χ1n) is 10.7. The Balaban J connectivity index is 1.93. The molecule has 1 unspecified atom stereocenters. The van der Waals surface area contributed by atoms with E-state index in [0.29, 0.717) is 30.3 Å². The van der Waals surface area contributed by atoms with Crippen LogP contribution in [-0.4, -0.2) is 24.4 Å². The molecule has 1 atom stereocenters. The summed E-state index contributed by atoms with van der Waals surface area (Å²) < 4.78 is 12.8. The van der Waals surface area contributed by atoms with E-state index in [-0.39, 0.29) is 0 Å². The SMILES string of the molecule is CCCC(C)COC(=O)Nc1cccc(-c2c(C#N)c3ccc(OC)cc3n2CC)c1. The fourth-order valence-corrected chi connectivity index (χ4v) is 3.89. The van der Waals surface area contributed by atoms with E-state index in [1.165, 1.54) is 0 Å². The molecule has 6 nitrogen and oxygen atoms in total. The number of amides is 1. The number of carbonyl (C=O) groups excluding carboxylic acids is 1. The van der Waals surface area contributed by atoms with Gasteiger partial charge in [0.15, 0.2) is 0 Å². The number of fused-ring (bicyclic) bond motifs is 1. The molecular formula is C25H29N3O3. The van der Waals surface area contributed by atoms with E-state index < -0.39 is 6.09 Å². The van der Waals surface area contributed by atoms with Crippen molar-refractivity contribution in [2.75, 3.05) is 19.0 Å². The van der Waals surface area contributed by atoms with Crippen LogP contribution in [0.3, 0.4) is 0 Å². The summed E-state index contributed by atoms with van der Waals surface area (Å²) in [5.41, 5.74) is 3.84. The molecule has 1 amide bonds.